The van der Waals surface area contributed by atoms with Crippen molar-refractivity contribution in [3.05, 3.63) is 35.2 Å². The first kappa shape index (κ1) is 17.8. The molecule has 1 aromatic heterocycles. The van der Waals surface area contributed by atoms with Crippen LogP contribution in [0.4, 0.5) is 0 Å². The predicted octanol–water partition coefficient (Wildman–Crippen LogP) is 3.05. The number of hydrogen-bond donors (Lipinski definition) is 0. The van der Waals surface area contributed by atoms with Crippen LogP contribution >= 0.6 is 0 Å². The first-order valence-corrected chi connectivity index (χ1v) is 8.99. The number of carbonyl (C=O) groups excluding carboxylic acids is 1. The Hall–Kier alpha value is -2.01. The van der Waals surface area contributed by atoms with Gasteiger partial charge in [0, 0.05) is 38.3 Å². The van der Waals surface area contributed by atoms with Crippen LogP contribution < -0.4 is 0 Å². The van der Waals surface area contributed by atoms with E-state index in [0.29, 0.717) is 11.0 Å². The van der Waals surface area contributed by atoms with E-state index in [-0.39, 0.29) is 5.91 Å². The largest absolute Gasteiger partial charge is 0.336 e. The maximum atomic E-state index is 12.8. The van der Waals surface area contributed by atoms with Gasteiger partial charge in [-0.2, -0.15) is 0 Å². The number of piperazine rings is 1. The maximum absolute atomic E-state index is 12.8. The fourth-order valence-corrected chi connectivity index (χ4v) is 3.33. The lowest BCUT2D eigenvalue weighted by Gasteiger charge is -2.37. The van der Waals surface area contributed by atoms with Crippen molar-refractivity contribution >= 4 is 16.9 Å². The molecule has 134 valence electrons. The van der Waals surface area contributed by atoms with Gasteiger partial charge in [-0.1, -0.05) is 20.8 Å². The van der Waals surface area contributed by atoms with Gasteiger partial charge < -0.3 is 4.90 Å². The molecule has 0 atom stereocenters. The number of rotatable bonds is 2. The summed E-state index contributed by atoms with van der Waals surface area (Å²) in [5.41, 5.74) is 4.47. The minimum absolute atomic E-state index is 0.0948. The summed E-state index contributed by atoms with van der Waals surface area (Å²) >= 11 is 0. The molecule has 2 heterocycles. The molecule has 5 nitrogen and oxygen atoms in total. The average Bonchev–Trinajstić information content (AvgIpc) is 2.54. The summed E-state index contributed by atoms with van der Waals surface area (Å²) in [5.74, 6) is 0.0948. The maximum Gasteiger partial charge on any atom is 0.254 e. The monoisotopic (exact) mass is 340 g/mol. The van der Waals surface area contributed by atoms with E-state index in [1.807, 2.05) is 36.9 Å². The molecule has 25 heavy (non-hydrogen) atoms. The van der Waals surface area contributed by atoms with Gasteiger partial charge in [-0.25, -0.2) is 9.97 Å². The van der Waals surface area contributed by atoms with Crippen LogP contribution in [-0.4, -0.2) is 58.4 Å². The van der Waals surface area contributed by atoms with Gasteiger partial charge in [0.15, 0.2) is 0 Å². The van der Waals surface area contributed by atoms with E-state index < -0.39 is 0 Å². The number of hydrogen-bond acceptors (Lipinski definition) is 4. The fourth-order valence-electron chi connectivity index (χ4n) is 3.33. The van der Waals surface area contributed by atoms with Gasteiger partial charge in [-0.15, -0.1) is 0 Å². The summed E-state index contributed by atoms with van der Waals surface area (Å²) in [6, 6.07) is 5.64. The van der Waals surface area contributed by atoms with E-state index in [0.717, 1.165) is 55.1 Å². The lowest BCUT2D eigenvalue weighted by Crippen LogP contribution is -2.50. The average molecular weight is 340 g/mol. The molecule has 0 unspecified atom stereocenters. The third kappa shape index (κ3) is 4.15. The topological polar surface area (TPSA) is 49.3 Å². The Balaban J connectivity index is 1.71. The van der Waals surface area contributed by atoms with Crippen LogP contribution in [-0.2, 0) is 0 Å². The van der Waals surface area contributed by atoms with E-state index in [2.05, 4.69) is 35.6 Å². The van der Waals surface area contributed by atoms with Crippen molar-refractivity contribution < 1.29 is 4.79 Å². The molecule has 1 aromatic carbocycles. The van der Waals surface area contributed by atoms with Crippen molar-refractivity contribution in [3.8, 4) is 0 Å². The summed E-state index contributed by atoms with van der Waals surface area (Å²) in [6.45, 7) is 15.2. The van der Waals surface area contributed by atoms with E-state index in [4.69, 9.17) is 0 Å². The number of aromatic nitrogens is 2. The number of nitrogens with zero attached hydrogens (tertiary/aromatic N) is 4. The van der Waals surface area contributed by atoms with Crippen molar-refractivity contribution in [3.63, 3.8) is 0 Å². The van der Waals surface area contributed by atoms with Gasteiger partial charge >= 0.3 is 0 Å². The third-order valence-electron chi connectivity index (χ3n) is 4.68. The molecular weight excluding hydrogens is 312 g/mol. The molecule has 0 aliphatic carbocycles. The number of aryl methyl sites for hydroxylation is 2. The van der Waals surface area contributed by atoms with Gasteiger partial charge in [0.25, 0.3) is 5.91 Å². The molecule has 0 radical (unpaired) electrons. The molecule has 0 N–H and O–H groups in total. The quantitative estimate of drug-likeness (QED) is 0.843. The van der Waals surface area contributed by atoms with E-state index >= 15 is 0 Å². The Bertz CT molecular complexity index is 786. The zero-order valence-electron chi connectivity index (χ0n) is 16.0. The lowest BCUT2D eigenvalue weighted by molar-refractivity contribution is 0.0592. The number of amides is 1. The number of benzene rings is 1. The van der Waals surface area contributed by atoms with Crippen LogP contribution in [0.3, 0.4) is 0 Å². The third-order valence-corrected chi connectivity index (χ3v) is 4.68. The Morgan fingerprint density at radius 3 is 2.20 bits per heavy atom. The highest BCUT2D eigenvalue weighted by Gasteiger charge is 2.25. The number of fused-ring (bicyclic) bond motifs is 1. The van der Waals surface area contributed by atoms with Crippen LogP contribution in [0.5, 0.6) is 0 Å². The molecule has 1 fully saturated rings. The zero-order chi connectivity index (χ0) is 18.2. The summed E-state index contributed by atoms with van der Waals surface area (Å²) < 4.78 is 0. The normalized spacial score (nSPS) is 16.4. The molecular formula is C20H28N4O. The Labute approximate surface area is 150 Å². The molecule has 0 saturated carbocycles. The Morgan fingerprint density at radius 2 is 1.60 bits per heavy atom. The van der Waals surface area contributed by atoms with Gasteiger partial charge in [0.2, 0.25) is 0 Å². The molecule has 1 amide bonds. The van der Waals surface area contributed by atoms with Crippen molar-refractivity contribution in [1.29, 1.82) is 0 Å². The van der Waals surface area contributed by atoms with Crippen LogP contribution in [0.25, 0.3) is 11.0 Å². The Morgan fingerprint density at radius 1 is 1.00 bits per heavy atom. The highest BCUT2D eigenvalue weighted by Crippen LogP contribution is 2.19. The molecule has 1 aliphatic rings. The van der Waals surface area contributed by atoms with Gasteiger partial charge in [-0.05, 0) is 37.5 Å². The zero-order valence-corrected chi connectivity index (χ0v) is 16.0. The van der Waals surface area contributed by atoms with Gasteiger partial charge in [0.05, 0.1) is 22.4 Å². The number of carbonyl (C=O) groups is 1. The SMILES string of the molecule is Cc1nc2ccc(C(=O)N3CCN(CC(C)(C)C)CC3)cc2nc1C. The second kappa shape index (κ2) is 6.71. The lowest BCUT2D eigenvalue weighted by atomic mass is 9.96. The molecule has 1 aliphatic heterocycles. The van der Waals surface area contributed by atoms with Crippen molar-refractivity contribution in [2.75, 3.05) is 32.7 Å². The van der Waals surface area contributed by atoms with Gasteiger partial charge in [0.1, 0.15) is 0 Å². The summed E-state index contributed by atoms with van der Waals surface area (Å²) in [4.78, 5) is 26.4. The van der Waals surface area contributed by atoms with Crippen molar-refractivity contribution in [1.82, 2.24) is 19.8 Å². The second-order valence-corrected chi connectivity index (χ2v) is 8.23. The minimum atomic E-state index is 0.0948. The smallest absolute Gasteiger partial charge is 0.254 e. The standard InChI is InChI=1S/C20H28N4O/c1-14-15(2)22-18-12-16(6-7-17(18)21-14)19(25)24-10-8-23(9-11-24)13-20(3,4)5/h6-7,12H,8-11,13H2,1-5H3. The van der Waals surface area contributed by atoms with Crippen LogP contribution in [0.2, 0.25) is 0 Å². The molecule has 3 rings (SSSR count). The molecule has 1 saturated heterocycles. The van der Waals surface area contributed by atoms with E-state index in [9.17, 15) is 4.79 Å². The Kier molecular flexibility index (Phi) is 4.78. The van der Waals surface area contributed by atoms with Crippen molar-refractivity contribution in [2.24, 2.45) is 5.41 Å². The van der Waals surface area contributed by atoms with E-state index in [1.165, 1.54) is 0 Å². The highest BCUT2D eigenvalue weighted by molar-refractivity contribution is 5.97. The molecule has 0 spiro atoms. The van der Waals surface area contributed by atoms with Crippen LogP contribution in [0.15, 0.2) is 18.2 Å². The minimum Gasteiger partial charge on any atom is -0.336 e. The highest BCUT2D eigenvalue weighted by atomic mass is 16.2. The predicted molar refractivity (Wildman–Crippen MR) is 101 cm³/mol. The first-order chi connectivity index (χ1) is 11.7. The molecule has 5 heteroatoms. The first-order valence-electron chi connectivity index (χ1n) is 8.99. The van der Waals surface area contributed by atoms with Crippen molar-refractivity contribution in [2.45, 2.75) is 34.6 Å². The van der Waals surface area contributed by atoms with Crippen LogP contribution in [0, 0.1) is 19.3 Å². The molecule has 0 bridgehead atoms. The fraction of sp³-hybridized carbons (Fsp3) is 0.550. The summed E-state index contributed by atoms with van der Waals surface area (Å²) in [7, 11) is 0. The summed E-state index contributed by atoms with van der Waals surface area (Å²) in [5, 5.41) is 0. The summed E-state index contributed by atoms with van der Waals surface area (Å²) in [6.07, 6.45) is 0. The van der Waals surface area contributed by atoms with Crippen LogP contribution in [0.1, 0.15) is 42.5 Å². The molecule has 2 aromatic rings. The van der Waals surface area contributed by atoms with E-state index in [1.54, 1.807) is 0 Å². The van der Waals surface area contributed by atoms with Gasteiger partial charge in [-0.3, -0.25) is 9.69 Å². The second-order valence-electron chi connectivity index (χ2n) is 8.23.